The van der Waals surface area contributed by atoms with E-state index in [0.717, 1.165) is 0 Å². The predicted octanol–water partition coefficient (Wildman–Crippen LogP) is 4.07. The third-order valence-corrected chi connectivity index (χ3v) is 5.16. The fourth-order valence-corrected chi connectivity index (χ4v) is 3.35. The van der Waals surface area contributed by atoms with Crippen molar-refractivity contribution in [2.24, 2.45) is 22.4 Å². The van der Waals surface area contributed by atoms with E-state index in [2.05, 4.69) is 22.5 Å². The number of para-hydroxylation sites is 1. The minimum absolute atomic E-state index is 0.0811. The molecule has 1 fully saturated rings. The number of nitriles is 1. The molecule has 0 aromatic heterocycles. The lowest BCUT2D eigenvalue weighted by Crippen LogP contribution is -2.15. The molecule has 3 unspecified atom stereocenters. The number of ether oxygens (including phenoxy) is 2. The molecule has 1 saturated carbocycles. The average molecular weight is 401 g/mol. The Labute approximate surface area is 176 Å². The molecular formula is C24H23N3O3. The van der Waals surface area contributed by atoms with Gasteiger partial charge in [-0.1, -0.05) is 50.1 Å². The molecule has 1 N–H and O–H groups in total. The summed E-state index contributed by atoms with van der Waals surface area (Å²) in [6, 6.07) is 18.4. The van der Waals surface area contributed by atoms with Gasteiger partial charge in [-0.25, -0.2) is 0 Å². The van der Waals surface area contributed by atoms with Crippen molar-refractivity contribution in [1.29, 1.82) is 5.26 Å². The minimum Gasteiger partial charge on any atom is -0.457 e. The van der Waals surface area contributed by atoms with Gasteiger partial charge >= 0.3 is 5.97 Å². The lowest BCUT2D eigenvalue weighted by atomic mass is 10.1. The standard InChI is InChI=1S/C24H23N3O3/c1-4-13-26-27-16-20-22(24(20,2)3)23(28)30-21(15-25)17-9-8-12-19(14-17)29-18-10-6-5-7-11-18/h1,5-12,14,16,20-22,26H,13H2,2-3H3/b27-16+. The average Bonchev–Trinajstić information content (AvgIpc) is 3.30. The predicted molar refractivity (Wildman–Crippen MR) is 113 cm³/mol. The molecule has 0 amide bonds. The van der Waals surface area contributed by atoms with Crippen LogP contribution in [0.3, 0.4) is 0 Å². The first-order chi connectivity index (χ1) is 14.5. The van der Waals surface area contributed by atoms with Gasteiger partial charge in [-0.2, -0.15) is 10.4 Å². The molecule has 30 heavy (non-hydrogen) atoms. The molecule has 2 aromatic carbocycles. The maximum absolute atomic E-state index is 12.7. The number of terminal acetylenes is 1. The van der Waals surface area contributed by atoms with Gasteiger partial charge in [-0.3, -0.25) is 10.2 Å². The summed E-state index contributed by atoms with van der Waals surface area (Å²) in [5, 5.41) is 13.6. The zero-order valence-corrected chi connectivity index (χ0v) is 16.9. The maximum Gasteiger partial charge on any atom is 0.311 e. The Kier molecular flexibility index (Phi) is 6.39. The fourth-order valence-electron chi connectivity index (χ4n) is 3.35. The Balaban J connectivity index is 1.66. The molecule has 3 atom stereocenters. The van der Waals surface area contributed by atoms with E-state index in [0.29, 0.717) is 23.6 Å². The van der Waals surface area contributed by atoms with Crippen LogP contribution in [0.4, 0.5) is 0 Å². The highest BCUT2D eigenvalue weighted by atomic mass is 16.5. The summed E-state index contributed by atoms with van der Waals surface area (Å²) in [5.41, 5.74) is 2.98. The third kappa shape index (κ3) is 4.79. The van der Waals surface area contributed by atoms with Crippen LogP contribution in [0.15, 0.2) is 59.7 Å². The number of benzene rings is 2. The Morgan fingerprint density at radius 3 is 2.70 bits per heavy atom. The number of nitrogens with one attached hydrogen (secondary N) is 1. The van der Waals surface area contributed by atoms with Crippen molar-refractivity contribution < 1.29 is 14.3 Å². The van der Waals surface area contributed by atoms with E-state index in [1.54, 1.807) is 30.5 Å². The monoisotopic (exact) mass is 401 g/mol. The van der Waals surface area contributed by atoms with E-state index in [4.69, 9.17) is 15.9 Å². The molecule has 0 heterocycles. The number of carbonyl (C=O) groups excluding carboxylic acids is 1. The zero-order valence-electron chi connectivity index (χ0n) is 16.9. The molecule has 3 rings (SSSR count). The van der Waals surface area contributed by atoms with Crippen LogP contribution in [0.5, 0.6) is 11.5 Å². The highest BCUT2D eigenvalue weighted by Gasteiger charge is 2.62. The molecule has 0 bridgehead atoms. The third-order valence-electron chi connectivity index (χ3n) is 5.16. The van der Waals surface area contributed by atoms with Gasteiger partial charge in [-0.05, 0) is 29.7 Å². The van der Waals surface area contributed by atoms with Crippen LogP contribution in [0.25, 0.3) is 0 Å². The van der Waals surface area contributed by atoms with Crippen LogP contribution >= 0.6 is 0 Å². The summed E-state index contributed by atoms with van der Waals surface area (Å²) in [6.45, 7) is 4.25. The first kappa shape index (κ1) is 21.0. The molecule has 0 radical (unpaired) electrons. The molecule has 0 spiro atoms. The van der Waals surface area contributed by atoms with Gasteiger partial charge in [-0.15, -0.1) is 6.42 Å². The van der Waals surface area contributed by atoms with Gasteiger partial charge < -0.3 is 9.47 Å². The summed E-state index contributed by atoms with van der Waals surface area (Å²) in [4.78, 5) is 12.7. The largest absolute Gasteiger partial charge is 0.457 e. The Hall–Kier alpha value is -3.77. The summed E-state index contributed by atoms with van der Waals surface area (Å²) in [6.07, 6.45) is 5.83. The van der Waals surface area contributed by atoms with Crippen LogP contribution < -0.4 is 10.2 Å². The molecule has 6 heteroatoms. The van der Waals surface area contributed by atoms with Crippen LogP contribution in [0.1, 0.15) is 25.5 Å². The molecule has 2 aromatic rings. The van der Waals surface area contributed by atoms with E-state index in [9.17, 15) is 10.1 Å². The molecule has 0 saturated heterocycles. The van der Waals surface area contributed by atoms with Crippen molar-refractivity contribution in [2.45, 2.75) is 20.0 Å². The van der Waals surface area contributed by atoms with E-state index in [1.807, 2.05) is 44.2 Å². The molecular weight excluding hydrogens is 378 g/mol. The summed E-state index contributed by atoms with van der Waals surface area (Å²) in [5.74, 6) is 2.80. The fraction of sp³-hybridized carbons (Fsp3) is 0.292. The van der Waals surface area contributed by atoms with Crippen LogP contribution in [-0.4, -0.2) is 18.7 Å². The Bertz CT molecular complexity index is 1000. The van der Waals surface area contributed by atoms with E-state index >= 15 is 0 Å². The van der Waals surface area contributed by atoms with Crippen LogP contribution in [0.2, 0.25) is 0 Å². The number of hydrogen-bond acceptors (Lipinski definition) is 6. The Morgan fingerprint density at radius 2 is 2.00 bits per heavy atom. The maximum atomic E-state index is 12.7. The highest BCUT2D eigenvalue weighted by molar-refractivity contribution is 5.85. The number of esters is 1. The lowest BCUT2D eigenvalue weighted by Gasteiger charge is -2.13. The molecule has 1 aliphatic carbocycles. The summed E-state index contributed by atoms with van der Waals surface area (Å²) in [7, 11) is 0. The summed E-state index contributed by atoms with van der Waals surface area (Å²) < 4.78 is 11.3. The number of carbonyl (C=O) groups is 1. The normalized spacial score (nSPS) is 19.9. The van der Waals surface area contributed by atoms with Gasteiger partial charge in [0, 0.05) is 17.7 Å². The first-order valence-electron chi connectivity index (χ1n) is 9.60. The quantitative estimate of drug-likeness (QED) is 0.237. The van der Waals surface area contributed by atoms with Gasteiger partial charge in [0.15, 0.2) is 0 Å². The number of rotatable bonds is 8. The van der Waals surface area contributed by atoms with E-state index < -0.39 is 12.1 Å². The van der Waals surface area contributed by atoms with Crippen LogP contribution in [0, 0.1) is 40.9 Å². The number of hydrazone groups is 1. The van der Waals surface area contributed by atoms with Crippen molar-refractivity contribution >= 4 is 12.2 Å². The molecule has 0 aliphatic heterocycles. The highest BCUT2D eigenvalue weighted by Crippen LogP contribution is 2.58. The van der Waals surface area contributed by atoms with Gasteiger partial charge in [0.2, 0.25) is 6.10 Å². The minimum atomic E-state index is -1.02. The molecule has 1 aliphatic rings. The number of hydrogen-bond donors (Lipinski definition) is 1. The molecule has 152 valence electrons. The second-order valence-electron chi connectivity index (χ2n) is 7.58. The SMILES string of the molecule is C#CCN/N=C/C1C(C(=O)OC(C#N)c2cccc(Oc3ccccc3)c2)C1(C)C. The first-order valence-corrected chi connectivity index (χ1v) is 9.60. The van der Waals surface area contributed by atoms with Crippen LogP contribution in [-0.2, 0) is 9.53 Å². The van der Waals surface area contributed by atoms with Crippen molar-refractivity contribution in [3.05, 3.63) is 60.2 Å². The smallest absolute Gasteiger partial charge is 0.311 e. The van der Waals surface area contributed by atoms with Gasteiger partial charge in [0.1, 0.15) is 17.6 Å². The summed E-state index contributed by atoms with van der Waals surface area (Å²) >= 11 is 0. The topological polar surface area (TPSA) is 83.7 Å². The second kappa shape index (κ2) is 9.15. The van der Waals surface area contributed by atoms with E-state index in [-0.39, 0.29) is 17.3 Å². The lowest BCUT2D eigenvalue weighted by molar-refractivity contribution is -0.149. The van der Waals surface area contributed by atoms with Crippen molar-refractivity contribution in [2.75, 3.05) is 6.54 Å². The second-order valence-corrected chi connectivity index (χ2v) is 7.58. The number of nitrogens with zero attached hydrogens (tertiary/aromatic N) is 2. The van der Waals surface area contributed by atoms with E-state index in [1.165, 1.54) is 0 Å². The zero-order chi connectivity index (χ0) is 21.6. The van der Waals surface area contributed by atoms with Gasteiger partial charge in [0.25, 0.3) is 0 Å². The molecule has 6 nitrogen and oxygen atoms in total. The van der Waals surface area contributed by atoms with Crippen molar-refractivity contribution in [3.63, 3.8) is 0 Å². The van der Waals surface area contributed by atoms with Crippen molar-refractivity contribution in [3.8, 4) is 29.9 Å². The van der Waals surface area contributed by atoms with Crippen molar-refractivity contribution in [1.82, 2.24) is 5.43 Å². The Morgan fingerprint density at radius 1 is 1.27 bits per heavy atom. The van der Waals surface area contributed by atoms with Gasteiger partial charge in [0.05, 0.1) is 12.5 Å².